The third-order valence-corrected chi connectivity index (χ3v) is 1.74. The number of amides is 1. The molecule has 0 fully saturated rings. The Bertz CT molecular complexity index is 418. The summed E-state index contributed by atoms with van der Waals surface area (Å²) in [6, 6.07) is 4.35. The number of ether oxygens (including phenoxy) is 1. The van der Waals surface area contributed by atoms with Crippen LogP contribution in [0, 0.1) is 0 Å². The van der Waals surface area contributed by atoms with E-state index in [1.54, 1.807) is 5.48 Å². The van der Waals surface area contributed by atoms with Gasteiger partial charge < -0.3 is 4.74 Å². The summed E-state index contributed by atoms with van der Waals surface area (Å²) < 4.78 is 62.8. The lowest BCUT2D eigenvalue weighted by Crippen LogP contribution is -2.29. The number of halogens is 5. The number of rotatable bonds is 5. The molecule has 106 valence electrons. The maximum atomic E-state index is 11.8. The maximum Gasteiger partial charge on any atom is 0.414 e. The van der Waals surface area contributed by atoms with E-state index in [1.807, 2.05) is 0 Å². The highest BCUT2D eigenvalue weighted by Crippen LogP contribution is 2.15. The zero-order valence-corrected chi connectivity index (χ0v) is 9.21. The van der Waals surface area contributed by atoms with Crippen LogP contribution in [0.1, 0.15) is 10.4 Å². The van der Waals surface area contributed by atoms with E-state index in [0.29, 0.717) is 0 Å². The van der Waals surface area contributed by atoms with Crippen molar-refractivity contribution in [2.75, 3.05) is 6.61 Å². The Morgan fingerprint density at radius 2 is 1.79 bits per heavy atom. The molecule has 9 heteroatoms. The van der Waals surface area contributed by atoms with E-state index >= 15 is 0 Å². The molecular formula is C10H8F5NO3. The van der Waals surface area contributed by atoms with Gasteiger partial charge in [0.05, 0.1) is 0 Å². The molecule has 0 saturated carbocycles. The minimum Gasteiger partial charge on any atom is -0.435 e. The first-order chi connectivity index (χ1) is 8.78. The number of benzene rings is 1. The first kappa shape index (κ1) is 15.2. The summed E-state index contributed by atoms with van der Waals surface area (Å²) in [6.07, 6.45) is -4.57. The third-order valence-electron chi connectivity index (χ3n) is 1.74. The molecule has 0 saturated heterocycles. The second kappa shape index (κ2) is 6.32. The average Bonchev–Trinajstić information content (AvgIpc) is 2.27. The van der Waals surface area contributed by atoms with E-state index in [2.05, 4.69) is 9.57 Å². The quantitative estimate of drug-likeness (QED) is 0.668. The number of hydrogen-bond donors (Lipinski definition) is 1. The van der Waals surface area contributed by atoms with Crippen molar-refractivity contribution in [2.45, 2.75) is 12.8 Å². The lowest BCUT2D eigenvalue weighted by molar-refractivity contribution is -0.184. The van der Waals surface area contributed by atoms with Crippen molar-refractivity contribution >= 4 is 5.91 Å². The molecule has 0 aliphatic rings. The predicted molar refractivity (Wildman–Crippen MR) is 52.5 cm³/mol. The molecule has 0 aliphatic carbocycles. The van der Waals surface area contributed by atoms with E-state index in [9.17, 15) is 26.7 Å². The molecule has 0 bridgehead atoms. The second-order valence-corrected chi connectivity index (χ2v) is 3.24. The van der Waals surface area contributed by atoms with Gasteiger partial charge in [-0.15, -0.1) is 0 Å². The van der Waals surface area contributed by atoms with Gasteiger partial charge in [0.1, 0.15) is 5.75 Å². The van der Waals surface area contributed by atoms with Crippen LogP contribution in [-0.4, -0.2) is 25.3 Å². The number of alkyl halides is 5. The fourth-order valence-corrected chi connectivity index (χ4v) is 1.03. The monoisotopic (exact) mass is 285 g/mol. The lowest BCUT2D eigenvalue weighted by Gasteiger charge is -2.09. The van der Waals surface area contributed by atoms with E-state index in [1.165, 1.54) is 0 Å². The number of hydroxylamine groups is 1. The van der Waals surface area contributed by atoms with Gasteiger partial charge in [-0.3, -0.25) is 9.63 Å². The highest BCUT2D eigenvalue weighted by molar-refractivity contribution is 5.93. The molecule has 0 unspecified atom stereocenters. The molecule has 0 aliphatic heterocycles. The Morgan fingerprint density at radius 1 is 1.21 bits per heavy atom. The molecule has 0 aromatic heterocycles. The molecule has 1 N–H and O–H groups in total. The van der Waals surface area contributed by atoms with Crippen LogP contribution in [0.5, 0.6) is 5.75 Å². The van der Waals surface area contributed by atoms with E-state index in [4.69, 9.17) is 0 Å². The number of hydrogen-bond acceptors (Lipinski definition) is 3. The zero-order chi connectivity index (χ0) is 14.5. The summed E-state index contributed by atoms with van der Waals surface area (Å²) in [5, 5.41) is 0. The van der Waals surface area contributed by atoms with Gasteiger partial charge in [-0.05, 0) is 24.3 Å². The molecule has 0 heterocycles. The maximum absolute atomic E-state index is 11.8. The summed E-state index contributed by atoms with van der Waals surface area (Å²) in [5.74, 6) is -1.12. The van der Waals surface area contributed by atoms with Gasteiger partial charge >= 0.3 is 12.8 Å². The number of nitrogens with one attached hydrogen (secondary N) is 1. The molecule has 1 aromatic carbocycles. The highest BCUT2D eigenvalue weighted by atomic mass is 19.4. The van der Waals surface area contributed by atoms with Crippen LogP contribution in [0.3, 0.4) is 0 Å². The largest absolute Gasteiger partial charge is 0.435 e. The van der Waals surface area contributed by atoms with Crippen molar-refractivity contribution in [3.05, 3.63) is 29.8 Å². The Morgan fingerprint density at radius 3 is 2.26 bits per heavy atom. The molecule has 0 atom stereocenters. The lowest BCUT2D eigenvalue weighted by atomic mass is 10.2. The van der Waals surface area contributed by atoms with E-state index in [-0.39, 0.29) is 11.3 Å². The highest BCUT2D eigenvalue weighted by Gasteiger charge is 2.28. The van der Waals surface area contributed by atoms with Gasteiger partial charge in [-0.25, -0.2) is 5.48 Å². The van der Waals surface area contributed by atoms with Crippen LogP contribution in [0.2, 0.25) is 0 Å². The zero-order valence-electron chi connectivity index (χ0n) is 9.21. The van der Waals surface area contributed by atoms with Crippen molar-refractivity contribution in [2.24, 2.45) is 0 Å². The average molecular weight is 285 g/mol. The van der Waals surface area contributed by atoms with Crippen LogP contribution in [0.15, 0.2) is 24.3 Å². The molecule has 4 nitrogen and oxygen atoms in total. The number of carbonyl (C=O) groups is 1. The van der Waals surface area contributed by atoms with Crippen molar-refractivity contribution < 1.29 is 36.3 Å². The first-order valence-electron chi connectivity index (χ1n) is 4.82. The third kappa shape index (κ3) is 6.00. The normalized spacial score (nSPS) is 11.5. The summed E-state index contributed by atoms with van der Waals surface area (Å²) in [7, 11) is 0. The van der Waals surface area contributed by atoms with Crippen molar-refractivity contribution in [1.82, 2.24) is 5.48 Å². The SMILES string of the molecule is O=C(NOCC(F)(F)F)c1ccc(OC(F)F)cc1. The van der Waals surface area contributed by atoms with Crippen LogP contribution in [0.25, 0.3) is 0 Å². The molecular weight excluding hydrogens is 277 g/mol. The smallest absolute Gasteiger partial charge is 0.414 e. The number of carbonyl (C=O) groups excluding carboxylic acids is 1. The van der Waals surface area contributed by atoms with E-state index in [0.717, 1.165) is 24.3 Å². The van der Waals surface area contributed by atoms with Crippen LogP contribution in [0.4, 0.5) is 22.0 Å². The predicted octanol–water partition coefficient (Wildman–Crippen LogP) is 2.51. The van der Waals surface area contributed by atoms with Gasteiger partial charge in [-0.1, -0.05) is 0 Å². The Hall–Kier alpha value is -1.90. The summed E-state index contributed by atoms with van der Waals surface area (Å²) >= 11 is 0. The van der Waals surface area contributed by atoms with Gasteiger partial charge in [0.2, 0.25) is 0 Å². The fourth-order valence-electron chi connectivity index (χ4n) is 1.03. The second-order valence-electron chi connectivity index (χ2n) is 3.24. The van der Waals surface area contributed by atoms with Gasteiger partial charge in [-0.2, -0.15) is 22.0 Å². The molecule has 19 heavy (non-hydrogen) atoms. The summed E-state index contributed by atoms with van der Waals surface area (Å²) in [5.41, 5.74) is 1.50. The molecule has 1 amide bonds. The molecule has 1 rings (SSSR count). The van der Waals surface area contributed by atoms with Gasteiger partial charge in [0.25, 0.3) is 5.91 Å². The van der Waals surface area contributed by atoms with Crippen LogP contribution >= 0.6 is 0 Å². The Balaban J connectivity index is 2.49. The molecule has 1 aromatic rings. The van der Waals surface area contributed by atoms with Crippen LogP contribution < -0.4 is 10.2 Å². The van der Waals surface area contributed by atoms with Crippen LogP contribution in [-0.2, 0) is 4.84 Å². The van der Waals surface area contributed by atoms with Gasteiger partial charge in [0, 0.05) is 5.56 Å². The Labute approximate surface area is 104 Å². The molecule has 0 radical (unpaired) electrons. The summed E-state index contributed by atoms with van der Waals surface area (Å²) in [6.45, 7) is -4.64. The van der Waals surface area contributed by atoms with Crippen molar-refractivity contribution in [1.29, 1.82) is 0 Å². The molecule has 0 spiro atoms. The minimum absolute atomic E-state index is 0.0659. The summed E-state index contributed by atoms with van der Waals surface area (Å²) in [4.78, 5) is 15.2. The Kier molecular flexibility index (Phi) is 5.04. The van der Waals surface area contributed by atoms with Crippen molar-refractivity contribution in [3.63, 3.8) is 0 Å². The minimum atomic E-state index is -4.57. The fraction of sp³-hybridized carbons (Fsp3) is 0.300. The van der Waals surface area contributed by atoms with Gasteiger partial charge in [0.15, 0.2) is 6.61 Å². The first-order valence-corrected chi connectivity index (χ1v) is 4.82. The van der Waals surface area contributed by atoms with E-state index < -0.39 is 25.3 Å². The van der Waals surface area contributed by atoms with Crippen molar-refractivity contribution in [3.8, 4) is 5.75 Å². The standard InChI is InChI=1S/C10H8F5NO3/c11-9(12)19-7-3-1-6(2-4-7)8(17)16-18-5-10(13,14)15/h1-4,9H,5H2,(H,16,17). The topological polar surface area (TPSA) is 47.6 Å².